The average Bonchev–Trinajstić information content (AvgIpc) is 2.86. The lowest BCUT2D eigenvalue weighted by molar-refractivity contribution is -0.139. The van der Waals surface area contributed by atoms with Crippen LogP contribution >= 0.6 is 0 Å². The van der Waals surface area contributed by atoms with Gasteiger partial charge in [0.15, 0.2) is 11.5 Å². The Morgan fingerprint density at radius 3 is 1.95 bits per heavy atom. The molecule has 214 valence electrons. The van der Waals surface area contributed by atoms with Crippen molar-refractivity contribution in [3.05, 3.63) is 23.8 Å². The molecule has 0 aliphatic heterocycles. The molecule has 5 atom stereocenters. The highest BCUT2D eigenvalue weighted by Crippen LogP contribution is 2.35. The van der Waals surface area contributed by atoms with Gasteiger partial charge in [-0.25, -0.2) is 4.79 Å². The van der Waals surface area contributed by atoms with Gasteiger partial charge in [0.05, 0.1) is 6.61 Å². The highest BCUT2D eigenvalue weighted by molar-refractivity contribution is 5.77. The molecule has 0 aliphatic rings. The molecule has 0 spiro atoms. The topological polar surface area (TPSA) is 151 Å². The zero-order chi connectivity index (χ0) is 28.8. The summed E-state index contributed by atoms with van der Waals surface area (Å²) in [6.07, 6.45) is 1.03. The van der Waals surface area contributed by atoms with Crippen LogP contribution in [0.1, 0.15) is 91.5 Å². The summed E-state index contributed by atoms with van der Waals surface area (Å²) in [5.74, 6) is -2.82. The van der Waals surface area contributed by atoms with Crippen molar-refractivity contribution < 1.29 is 43.2 Å². The lowest BCUT2D eigenvalue weighted by atomic mass is 9.87. The van der Waals surface area contributed by atoms with Crippen molar-refractivity contribution in [3.8, 4) is 11.5 Å². The lowest BCUT2D eigenvalue weighted by Crippen LogP contribution is -2.38. The largest absolute Gasteiger partial charge is 0.508 e. The fraction of sp³-hybridized carbons (Fsp3) is 0.643. The van der Waals surface area contributed by atoms with Gasteiger partial charge in [-0.2, -0.15) is 0 Å². The lowest BCUT2D eigenvalue weighted by Gasteiger charge is -2.25. The molecule has 0 heterocycles. The Morgan fingerprint density at radius 2 is 1.45 bits per heavy atom. The molecule has 0 fully saturated rings. The van der Waals surface area contributed by atoms with Crippen molar-refractivity contribution in [2.45, 2.75) is 98.1 Å². The minimum Gasteiger partial charge on any atom is -0.480 e. The molecular formula is C28H43NO9. The summed E-state index contributed by atoms with van der Waals surface area (Å²) < 4.78 is 21.3. The van der Waals surface area contributed by atoms with Gasteiger partial charge in [-0.05, 0) is 49.3 Å². The summed E-state index contributed by atoms with van der Waals surface area (Å²) in [6.45, 7) is 11.4. The number of nitrogens with two attached hydrogens (primary N) is 1. The van der Waals surface area contributed by atoms with E-state index in [0.29, 0.717) is 12.0 Å². The number of carboxylic acid groups (broad SMARTS) is 1. The molecule has 0 saturated carbocycles. The van der Waals surface area contributed by atoms with Crippen LogP contribution in [-0.2, 0) is 23.9 Å². The van der Waals surface area contributed by atoms with Crippen LogP contribution in [0.3, 0.4) is 0 Å². The fourth-order valence-corrected chi connectivity index (χ4v) is 3.56. The second-order valence-corrected chi connectivity index (χ2v) is 9.82. The summed E-state index contributed by atoms with van der Waals surface area (Å²) in [4.78, 5) is 48.7. The SMILES string of the molecule is CCCOC(=O)OC(C)CC(c1ccc(OC(=O)CC(C)CC)c(OC(=O)CC(C)CC)c1)[C@H](N)C(=O)O. The van der Waals surface area contributed by atoms with Gasteiger partial charge in [-0.1, -0.05) is 53.5 Å². The first kappa shape index (κ1) is 32.9. The molecule has 1 aromatic carbocycles. The van der Waals surface area contributed by atoms with Crippen LogP contribution in [0.4, 0.5) is 4.79 Å². The predicted molar refractivity (Wildman–Crippen MR) is 141 cm³/mol. The maximum absolute atomic E-state index is 12.6. The third-order valence-corrected chi connectivity index (χ3v) is 6.29. The number of esters is 2. The maximum Gasteiger partial charge on any atom is 0.508 e. The van der Waals surface area contributed by atoms with Crippen molar-refractivity contribution in [3.63, 3.8) is 0 Å². The van der Waals surface area contributed by atoms with Gasteiger partial charge in [0.25, 0.3) is 0 Å². The molecule has 1 rings (SSSR count). The van der Waals surface area contributed by atoms with Crippen LogP contribution in [0.25, 0.3) is 0 Å². The molecule has 0 amide bonds. The highest BCUT2D eigenvalue weighted by atomic mass is 16.7. The zero-order valence-corrected chi connectivity index (χ0v) is 23.4. The summed E-state index contributed by atoms with van der Waals surface area (Å²) in [7, 11) is 0. The number of carbonyl (C=O) groups excluding carboxylic acids is 3. The first-order chi connectivity index (χ1) is 17.9. The van der Waals surface area contributed by atoms with Crippen LogP contribution in [0.15, 0.2) is 18.2 Å². The van der Waals surface area contributed by atoms with E-state index in [1.54, 1.807) is 13.0 Å². The summed E-state index contributed by atoms with van der Waals surface area (Å²) >= 11 is 0. The summed E-state index contributed by atoms with van der Waals surface area (Å²) in [5.41, 5.74) is 6.43. The third kappa shape index (κ3) is 11.5. The van der Waals surface area contributed by atoms with Crippen LogP contribution in [0.2, 0.25) is 0 Å². The van der Waals surface area contributed by atoms with E-state index in [1.807, 2.05) is 34.6 Å². The number of carbonyl (C=O) groups is 4. The summed E-state index contributed by atoms with van der Waals surface area (Å²) in [5, 5.41) is 9.63. The Labute approximate surface area is 225 Å². The Bertz CT molecular complexity index is 933. The molecule has 0 bridgehead atoms. The number of benzene rings is 1. The van der Waals surface area contributed by atoms with Crippen molar-refractivity contribution in [2.75, 3.05) is 6.61 Å². The normalized spacial score (nSPS) is 14.9. The Hall–Kier alpha value is -3.14. The number of hydrogen-bond donors (Lipinski definition) is 2. The Balaban J connectivity index is 3.32. The molecule has 0 radical (unpaired) electrons. The van der Waals surface area contributed by atoms with E-state index in [0.717, 1.165) is 12.8 Å². The van der Waals surface area contributed by atoms with Gasteiger partial charge >= 0.3 is 24.1 Å². The Kier molecular flexibility index (Phi) is 14.4. The van der Waals surface area contributed by atoms with Crippen molar-refractivity contribution >= 4 is 24.1 Å². The predicted octanol–water partition coefficient (Wildman–Crippen LogP) is 5.21. The van der Waals surface area contributed by atoms with Crippen molar-refractivity contribution in [1.82, 2.24) is 0 Å². The second kappa shape index (κ2) is 16.7. The zero-order valence-electron chi connectivity index (χ0n) is 23.4. The van der Waals surface area contributed by atoms with Crippen LogP contribution in [-0.4, -0.2) is 47.9 Å². The third-order valence-electron chi connectivity index (χ3n) is 6.29. The molecule has 0 aromatic heterocycles. The molecule has 0 saturated heterocycles. The fourth-order valence-electron chi connectivity index (χ4n) is 3.56. The molecule has 38 heavy (non-hydrogen) atoms. The van der Waals surface area contributed by atoms with Crippen LogP contribution in [0.5, 0.6) is 11.5 Å². The first-order valence-electron chi connectivity index (χ1n) is 13.3. The number of ether oxygens (including phenoxy) is 4. The van der Waals surface area contributed by atoms with Crippen molar-refractivity contribution in [1.29, 1.82) is 0 Å². The molecule has 10 heteroatoms. The quantitative estimate of drug-likeness (QED) is 0.212. The summed E-state index contributed by atoms with van der Waals surface area (Å²) in [6, 6.07) is 3.12. The van der Waals surface area contributed by atoms with E-state index in [-0.39, 0.29) is 49.2 Å². The van der Waals surface area contributed by atoms with E-state index in [1.165, 1.54) is 12.1 Å². The number of carboxylic acids is 1. The van der Waals surface area contributed by atoms with E-state index in [2.05, 4.69) is 0 Å². The number of aliphatic carboxylic acids is 1. The molecule has 3 N–H and O–H groups in total. The molecule has 4 unspecified atom stereocenters. The van der Waals surface area contributed by atoms with Gasteiger partial charge < -0.3 is 29.8 Å². The van der Waals surface area contributed by atoms with Gasteiger partial charge in [-0.15, -0.1) is 0 Å². The minimum absolute atomic E-state index is 0.00757. The van der Waals surface area contributed by atoms with E-state index >= 15 is 0 Å². The maximum atomic E-state index is 12.6. The van der Waals surface area contributed by atoms with Gasteiger partial charge in [0.2, 0.25) is 0 Å². The molecule has 1 aromatic rings. The van der Waals surface area contributed by atoms with E-state index < -0.39 is 42.1 Å². The molecule has 10 nitrogen and oxygen atoms in total. The van der Waals surface area contributed by atoms with Crippen LogP contribution < -0.4 is 15.2 Å². The van der Waals surface area contributed by atoms with Gasteiger partial charge in [0, 0.05) is 18.8 Å². The van der Waals surface area contributed by atoms with Crippen molar-refractivity contribution in [2.24, 2.45) is 17.6 Å². The molecule has 0 aliphatic carbocycles. The Morgan fingerprint density at radius 1 is 0.895 bits per heavy atom. The monoisotopic (exact) mass is 537 g/mol. The smallest absolute Gasteiger partial charge is 0.480 e. The standard InChI is InChI=1S/C28H43NO9/c1-7-12-35-28(34)36-19(6)15-21(26(29)27(32)33)20-10-11-22(37-24(30)13-17(4)8-2)23(16-20)38-25(31)14-18(5)9-3/h10-11,16-19,21,26H,7-9,12-15,29H2,1-6H3,(H,32,33)/t17?,18?,19?,21?,26-/m0/s1. The number of hydrogen-bond acceptors (Lipinski definition) is 9. The van der Waals surface area contributed by atoms with E-state index in [4.69, 9.17) is 24.7 Å². The second-order valence-electron chi connectivity index (χ2n) is 9.82. The van der Waals surface area contributed by atoms with Gasteiger partial charge in [-0.3, -0.25) is 14.4 Å². The highest BCUT2D eigenvalue weighted by Gasteiger charge is 2.30. The molecular weight excluding hydrogens is 494 g/mol. The minimum atomic E-state index is -1.35. The van der Waals surface area contributed by atoms with Gasteiger partial charge in [0.1, 0.15) is 12.1 Å². The number of rotatable bonds is 16. The van der Waals surface area contributed by atoms with E-state index in [9.17, 15) is 24.3 Å². The first-order valence-corrected chi connectivity index (χ1v) is 13.3. The average molecular weight is 538 g/mol. The van der Waals surface area contributed by atoms with Crippen LogP contribution in [0, 0.1) is 11.8 Å².